The molecule has 1 unspecified atom stereocenters. The predicted molar refractivity (Wildman–Crippen MR) is 106 cm³/mol. The highest BCUT2D eigenvalue weighted by molar-refractivity contribution is 7.91. The number of para-hydroxylation sites is 1. The van der Waals surface area contributed by atoms with Crippen LogP contribution < -0.4 is 14.2 Å². The van der Waals surface area contributed by atoms with E-state index in [1.165, 1.54) is 24.3 Å². The monoisotopic (exact) mass is 425 g/mol. The number of hydrogen-bond acceptors (Lipinski definition) is 6. The SMILES string of the molecule is CCS(=O)(=O)CCOc1ccc(S(=O)(=O)NC2CCOc3ccccc32)cc1. The van der Waals surface area contributed by atoms with E-state index in [1.54, 1.807) is 6.92 Å². The van der Waals surface area contributed by atoms with Crippen molar-refractivity contribution in [3.8, 4) is 11.5 Å². The summed E-state index contributed by atoms with van der Waals surface area (Å²) in [6, 6.07) is 12.9. The minimum atomic E-state index is -3.72. The summed E-state index contributed by atoms with van der Waals surface area (Å²) >= 11 is 0. The van der Waals surface area contributed by atoms with Gasteiger partial charge in [-0.25, -0.2) is 21.6 Å². The lowest BCUT2D eigenvalue weighted by Crippen LogP contribution is -2.32. The molecular weight excluding hydrogens is 402 g/mol. The Balaban J connectivity index is 1.66. The van der Waals surface area contributed by atoms with Crippen molar-refractivity contribution < 1.29 is 26.3 Å². The zero-order chi connectivity index (χ0) is 20.2. The first-order valence-electron chi connectivity index (χ1n) is 8.98. The number of fused-ring (bicyclic) bond motifs is 1. The van der Waals surface area contributed by atoms with Crippen molar-refractivity contribution in [1.82, 2.24) is 4.72 Å². The van der Waals surface area contributed by atoms with E-state index in [0.717, 1.165) is 5.56 Å². The Hall–Kier alpha value is -2.10. The molecule has 1 heterocycles. The molecule has 2 aromatic carbocycles. The van der Waals surface area contributed by atoms with Crippen molar-refractivity contribution in [3.05, 3.63) is 54.1 Å². The number of nitrogens with one attached hydrogen (secondary N) is 1. The number of benzene rings is 2. The maximum atomic E-state index is 12.7. The molecule has 1 atom stereocenters. The molecule has 152 valence electrons. The fourth-order valence-electron chi connectivity index (χ4n) is 2.87. The van der Waals surface area contributed by atoms with Crippen LogP contribution in [0.3, 0.4) is 0 Å². The van der Waals surface area contributed by atoms with Crippen LogP contribution in [0, 0.1) is 0 Å². The summed E-state index contributed by atoms with van der Waals surface area (Å²) in [5.74, 6) is 1.09. The number of ether oxygens (including phenoxy) is 2. The Bertz CT molecular complexity index is 1020. The summed E-state index contributed by atoms with van der Waals surface area (Å²) in [5, 5.41) is 0. The molecule has 0 aliphatic carbocycles. The molecule has 1 aliphatic heterocycles. The van der Waals surface area contributed by atoms with Gasteiger partial charge in [-0.3, -0.25) is 0 Å². The van der Waals surface area contributed by atoms with Crippen LogP contribution in [0.2, 0.25) is 0 Å². The second-order valence-corrected chi connectivity index (χ2v) is 10.6. The van der Waals surface area contributed by atoms with Crippen LogP contribution in [0.15, 0.2) is 53.4 Å². The third kappa shape index (κ3) is 5.03. The molecule has 0 aromatic heterocycles. The first-order valence-corrected chi connectivity index (χ1v) is 12.3. The van der Waals surface area contributed by atoms with E-state index in [2.05, 4.69) is 4.72 Å². The molecule has 7 nitrogen and oxygen atoms in total. The van der Waals surface area contributed by atoms with E-state index < -0.39 is 19.9 Å². The molecule has 0 radical (unpaired) electrons. The van der Waals surface area contributed by atoms with Gasteiger partial charge in [0.15, 0.2) is 9.84 Å². The molecule has 0 saturated carbocycles. The topological polar surface area (TPSA) is 98.8 Å². The lowest BCUT2D eigenvalue weighted by Gasteiger charge is -2.26. The van der Waals surface area contributed by atoms with E-state index >= 15 is 0 Å². The highest BCUT2D eigenvalue weighted by Gasteiger charge is 2.26. The second-order valence-electron chi connectivity index (χ2n) is 6.41. The zero-order valence-electron chi connectivity index (χ0n) is 15.5. The Morgan fingerprint density at radius 2 is 1.79 bits per heavy atom. The average Bonchev–Trinajstić information content (AvgIpc) is 2.68. The van der Waals surface area contributed by atoms with Gasteiger partial charge in [0.05, 0.1) is 23.3 Å². The van der Waals surface area contributed by atoms with Gasteiger partial charge in [0.1, 0.15) is 18.1 Å². The second kappa shape index (κ2) is 8.50. The third-order valence-electron chi connectivity index (χ3n) is 4.49. The van der Waals surface area contributed by atoms with Gasteiger partial charge in [-0.05, 0) is 30.3 Å². The highest BCUT2D eigenvalue weighted by Crippen LogP contribution is 2.32. The molecule has 1 N–H and O–H groups in total. The molecule has 9 heteroatoms. The lowest BCUT2D eigenvalue weighted by molar-refractivity contribution is 0.263. The van der Waals surface area contributed by atoms with E-state index in [9.17, 15) is 16.8 Å². The molecule has 0 saturated heterocycles. The Kier molecular flexibility index (Phi) is 6.26. The van der Waals surface area contributed by atoms with Crippen LogP contribution in [-0.4, -0.2) is 41.6 Å². The standard InChI is InChI=1S/C19H23NO6S2/c1-2-27(21,22)14-13-25-15-7-9-16(10-8-15)28(23,24)20-18-11-12-26-19-6-4-3-5-17(18)19/h3-10,18,20H,2,11-14H2,1H3. The fourth-order valence-corrected chi connectivity index (χ4v) is 4.74. The molecule has 28 heavy (non-hydrogen) atoms. The van der Waals surface area contributed by atoms with Gasteiger partial charge in [-0.15, -0.1) is 0 Å². The van der Waals surface area contributed by atoms with Crippen molar-refractivity contribution in [2.24, 2.45) is 0 Å². The normalized spacial score (nSPS) is 16.8. The van der Waals surface area contributed by atoms with Crippen LogP contribution in [0.1, 0.15) is 24.9 Å². The van der Waals surface area contributed by atoms with Crippen LogP contribution in [-0.2, 0) is 19.9 Å². The number of sulfonamides is 1. The first-order chi connectivity index (χ1) is 13.3. The number of hydrogen-bond donors (Lipinski definition) is 1. The summed E-state index contributed by atoms with van der Waals surface area (Å²) in [5.41, 5.74) is 0.814. The van der Waals surface area contributed by atoms with Crippen molar-refractivity contribution in [2.75, 3.05) is 24.7 Å². The van der Waals surface area contributed by atoms with Crippen molar-refractivity contribution in [2.45, 2.75) is 24.3 Å². The molecule has 0 spiro atoms. The summed E-state index contributed by atoms with van der Waals surface area (Å²) < 4.78 is 62.1. The molecule has 1 aliphatic rings. The molecule has 3 rings (SSSR count). The average molecular weight is 426 g/mol. The Labute approximate surface area is 165 Å². The van der Waals surface area contributed by atoms with Gasteiger partial charge < -0.3 is 9.47 Å². The number of rotatable bonds is 8. The van der Waals surface area contributed by atoms with Crippen molar-refractivity contribution in [1.29, 1.82) is 0 Å². The molecular formula is C19H23NO6S2. The van der Waals surface area contributed by atoms with E-state index in [4.69, 9.17) is 9.47 Å². The fraction of sp³-hybridized carbons (Fsp3) is 0.368. The molecule has 2 aromatic rings. The summed E-state index contributed by atoms with van der Waals surface area (Å²) in [6.45, 7) is 2.05. The van der Waals surface area contributed by atoms with Gasteiger partial charge in [-0.1, -0.05) is 25.1 Å². The van der Waals surface area contributed by atoms with Gasteiger partial charge in [0, 0.05) is 17.7 Å². The Morgan fingerprint density at radius 3 is 2.50 bits per heavy atom. The smallest absolute Gasteiger partial charge is 0.241 e. The third-order valence-corrected chi connectivity index (χ3v) is 7.65. The highest BCUT2D eigenvalue weighted by atomic mass is 32.2. The summed E-state index contributed by atoms with van der Waals surface area (Å²) in [7, 11) is -6.83. The molecule has 0 bridgehead atoms. The maximum Gasteiger partial charge on any atom is 0.241 e. The van der Waals surface area contributed by atoms with Gasteiger partial charge in [0.25, 0.3) is 0 Å². The predicted octanol–water partition coefficient (Wildman–Crippen LogP) is 2.30. The maximum absolute atomic E-state index is 12.7. The molecule has 0 amide bonds. The van der Waals surface area contributed by atoms with Crippen molar-refractivity contribution >= 4 is 19.9 Å². The van der Waals surface area contributed by atoms with E-state index in [0.29, 0.717) is 24.5 Å². The minimum Gasteiger partial charge on any atom is -0.493 e. The summed E-state index contributed by atoms with van der Waals surface area (Å²) in [4.78, 5) is 0.116. The molecule has 0 fully saturated rings. The zero-order valence-corrected chi connectivity index (χ0v) is 17.1. The van der Waals surface area contributed by atoms with Crippen LogP contribution in [0.25, 0.3) is 0 Å². The first kappa shape index (κ1) is 20.6. The Morgan fingerprint density at radius 1 is 1.07 bits per heavy atom. The van der Waals surface area contributed by atoms with E-state index in [1.807, 2.05) is 24.3 Å². The van der Waals surface area contributed by atoms with Gasteiger partial charge in [-0.2, -0.15) is 0 Å². The minimum absolute atomic E-state index is 0.0272. The van der Waals surface area contributed by atoms with E-state index in [-0.39, 0.29) is 29.0 Å². The van der Waals surface area contributed by atoms with Crippen molar-refractivity contribution in [3.63, 3.8) is 0 Å². The van der Waals surface area contributed by atoms with Crippen LogP contribution in [0.4, 0.5) is 0 Å². The largest absolute Gasteiger partial charge is 0.493 e. The quantitative estimate of drug-likeness (QED) is 0.697. The van der Waals surface area contributed by atoms with Crippen LogP contribution >= 0.6 is 0 Å². The number of sulfone groups is 1. The van der Waals surface area contributed by atoms with Gasteiger partial charge >= 0.3 is 0 Å². The summed E-state index contributed by atoms with van der Waals surface area (Å²) in [6.07, 6.45) is 0.545. The van der Waals surface area contributed by atoms with Crippen LogP contribution in [0.5, 0.6) is 11.5 Å². The lowest BCUT2D eigenvalue weighted by atomic mass is 10.0. The van der Waals surface area contributed by atoms with Gasteiger partial charge in [0.2, 0.25) is 10.0 Å².